The minimum atomic E-state index is -4.45. The molecule has 1 unspecified atom stereocenters. The van der Waals surface area contributed by atoms with Crippen LogP contribution in [0, 0.1) is 0 Å². The summed E-state index contributed by atoms with van der Waals surface area (Å²) in [4.78, 5) is 10.6. The zero-order chi connectivity index (χ0) is 13.9. The molecule has 0 saturated heterocycles. The Hall–Kier alpha value is -1.27. The molecule has 0 saturated carbocycles. The quantitative estimate of drug-likeness (QED) is 0.892. The van der Waals surface area contributed by atoms with E-state index in [1.54, 1.807) is 0 Å². The first kappa shape index (κ1) is 14.8. The smallest absolute Gasteiger partial charge is 0.416 e. The van der Waals surface area contributed by atoms with Crippen molar-refractivity contribution in [3.05, 3.63) is 34.3 Å². The largest absolute Gasteiger partial charge is 0.480 e. The van der Waals surface area contributed by atoms with Crippen molar-refractivity contribution >= 4 is 17.6 Å². The van der Waals surface area contributed by atoms with Crippen LogP contribution < -0.4 is 5.32 Å². The van der Waals surface area contributed by atoms with Gasteiger partial charge >= 0.3 is 12.1 Å². The molecule has 7 heteroatoms. The number of carboxylic acid groups (broad SMARTS) is 1. The van der Waals surface area contributed by atoms with Crippen LogP contribution in [-0.2, 0) is 17.5 Å². The van der Waals surface area contributed by atoms with Gasteiger partial charge in [0.2, 0.25) is 0 Å². The fourth-order valence-electron chi connectivity index (χ4n) is 1.24. The summed E-state index contributed by atoms with van der Waals surface area (Å²) >= 11 is 5.75. The molecule has 0 spiro atoms. The van der Waals surface area contributed by atoms with E-state index in [2.05, 4.69) is 5.32 Å². The summed E-state index contributed by atoms with van der Waals surface area (Å²) in [5.41, 5.74) is -0.605. The van der Waals surface area contributed by atoms with Gasteiger partial charge in [-0.3, -0.25) is 4.79 Å². The zero-order valence-electron chi connectivity index (χ0n) is 9.38. The van der Waals surface area contributed by atoms with Gasteiger partial charge in [-0.05, 0) is 30.7 Å². The second-order valence-corrected chi connectivity index (χ2v) is 4.15. The molecule has 100 valence electrons. The van der Waals surface area contributed by atoms with Crippen LogP contribution in [0.5, 0.6) is 0 Å². The van der Waals surface area contributed by atoms with E-state index in [0.29, 0.717) is 0 Å². The van der Waals surface area contributed by atoms with E-state index in [0.717, 1.165) is 18.2 Å². The molecule has 2 N–H and O–H groups in total. The number of benzene rings is 1. The maximum absolute atomic E-state index is 12.5. The Balaban J connectivity index is 2.85. The van der Waals surface area contributed by atoms with E-state index in [4.69, 9.17) is 16.7 Å². The van der Waals surface area contributed by atoms with Crippen LogP contribution >= 0.6 is 11.6 Å². The molecule has 0 heterocycles. The van der Waals surface area contributed by atoms with Gasteiger partial charge in [-0.15, -0.1) is 0 Å². The monoisotopic (exact) mass is 281 g/mol. The normalized spacial score (nSPS) is 13.4. The Morgan fingerprint density at radius 2 is 2.11 bits per heavy atom. The minimum Gasteiger partial charge on any atom is -0.480 e. The molecule has 0 amide bonds. The lowest BCUT2D eigenvalue weighted by Crippen LogP contribution is -2.33. The number of halogens is 4. The fraction of sp³-hybridized carbons (Fsp3) is 0.364. The minimum absolute atomic E-state index is 0.0454. The second kappa shape index (κ2) is 5.58. The van der Waals surface area contributed by atoms with Crippen LogP contribution in [0.1, 0.15) is 18.1 Å². The number of nitrogens with one attached hydrogen (secondary N) is 1. The Labute approximate surface area is 107 Å². The maximum atomic E-state index is 12.5. The summed E-state index contributed by atoms with van der Waals surface area (Å²) in [7, 11) is 0. The van der Waals surface area contributed by atoms with E-state index in [1.807, 2.05) is 0 Å². The standard InChI is InChI=1S/C11H11ClF3NO2/c1-6(10(17)18)16-5-7-4-8(11(13,14)15)2-3-9(7)12/h2-4,6,16H,5H2,1H3,(H,17,18). The van der Waals surface area contributed by atoms with Gasteiger partial charge in [-0.1, -0.05) is 11.6 Å². The number of alkyl halides is 3. The molecule has 0 aliphatic heterocycles. The van der Waals surface area contributed by atoms with Crippen LogP contribution in [0.15, 0.2) is 18.2 Å². The van der Waals surface area contributed by atoms with Gasteiger partial charge in [-0.2, -0.15) is 13.2 Å². The molecule has 0 aliphatic carbocycles. The van der Waals surface area contributed by atoms with E-state index < -0.39 is 23.8 Å². The molecule has 0 aromatic heterocycles. The maximum Gasteiger partial charge on any atom is 0.416 e. The number of aliphatic carboxylic acids is 1. The average Bonchev–Trinajstić information content (AvgIpc) is 2.25. The van der Waals surface area contributed by atoms with Crippen molar-refractivity contribution < 1.29 is 23.1 Å². The van der Waals surface area contributed by atoms with E-state index in [9.17, 15) is 18.0 Å². The SMILES string of the molecule is CC(NCc1cc(C(F)(F)F)ccc1Cl)C(=O)O. The van der Waals surface area contributed by atoms with Gasteiger partial charge < -0.3 is 10.4 Å². The third-order valence-electron chi connectivity index (χ3n) is 2.34. The van der Waals surface area contributed by atoms with Crippen LogP contribution in [0.4, 0.5) is 13.2 Å². The molecular weight excluding hydrogens is 271 g/mol. The first-order valence-corrected chi connectivity index (χ1v) is 5.41. The first-order valence-electron chi connectivity index (χ1n) is 5.03. The number of hydrogen-bond acceptors (Lipinski definition) is 2. The summed E-state index contributed by atoms with van der Waals surface area (Å²) in [6.07, 6.45) is -4.45. The summed E-state index contributed by atoms with van der Waals surface area (Å²) in [5, 5.41) is 11.4. The number of rotatable bonds is 4. The van der Waals surface area contributed by atoms with Gasteiger partial charge in [0.1, 0.15) is 6.04 Å². The highest BCUT2D eigenvalue weighted by Crippen LogP contribution is 2.31. The van der Waals surface area contributed by atoms with Gasteiger partial charge in [0, 0.05) is 11.6 Å². The third-order valence-corrected chi connectivity index (χ3v) is 2.71. The highest BCUT2D eigenvalue weighted by atomic mass is 35.5. The zero-order valence-corrected chi connectivity index (χ0v) is 10.1. The summed E-state index contributed by atoms with van der Waals surface area (Å²) in [5.74, 6) is -1.09. The average molecular weight is 282 g/mol. The van der Waals surface area contributed by atoms with Crippen LogP contribution in [0.3, 0.4) is 0 Å². The van der Waals surface area contributed by atoms with Crippen LogP contribution in [0.2, 0.25) is 5.02 Å². The Morgan fingerprint density at radius 1 is 1.50 bits per heavy atom. The van der Waals surface area contributed by atoms with Gasteiger partial charge in [-0.25, -0.2) is 0 Å². The molecule has 3 nitrogen and oxygen atoms in total. The first-order chi connectivity index (χ1) is 8.21. The predicted molar refractivity (Wildman–Crippen MR) is 60.4 cm³/mol. The van der Waals surface area contributed by atoms with E-state index in [-0.39, 0.29) is 17.1 Å². The highest BCUT2D eigenvalue weighted by molar-refractivity contribution is 6.31. The predicted octanol–water partition coefficient (Wildman–Crippen LogP) is 2.92. The van der Waals surface area contributed by atoms with Crippen LogP contribution in [0.25, 0.3) is 0 Å². The van der Waals surface area contributed by atoms with Crippen molar-refractivity contribution in [2.75, 3.05) is 0 Å². The molecule has 0 bridgehead atoms. The topological polar surface area (TPSA) is 49.3 Å². The number of hydrogen-bond donors (Lipinski definition) is 2. The molecule has 1 rings (SSSR count). The van der Waals surface area contributed by atoms with Gasteiger partial charge in [0.15, 0.2) is 0 Å². The van der Waals surface area contributed by atoms with Crippen molar-refractivity contribution in [1.29, 1.82) is 0 Å². The van der Waals surface area contributed by atoms with E-state index >= 15 is 0 Å². The number of carbonyl (C=O) groups is 1. The van der Waals surface area contributed by atoms with Gasteiger partial charge in [0.05, 0.1) is 5.56 Å². The van der Waals surface area contributed by atoms with Crippen molar-refractivity contribution in [3.63, 3.8) is 0 Å². The lowest BCUT2D eigenvalue weighted by molar-refractivity contribution is -0.139. The molecule has 1 aromatic carbocycles. The van der Waals surface area contributed by atoms with Gasteiger partial charge in [0.25, 0.3) is 0 Å². The molecule has 0 aliphatic rings. The van der Waals surface area contributed by atoms with Crippen LogP contribution in [-0.4, -0.2) is 17.1 Å². The Kier molecular flexibility index (Phi) is 4.59. The summed E-state index contributed by atoms with van der Waals surface area (Å²) < 4.78 is 37.4. The lowest BCUT2D eigenvalue weighted by Gasteiger charge is -2.13. The fourth-order valence-corrected chi connectivity index (χ4v) is 1.42. The van der Waals surface area contributed by atoms with Crippen molar-refractivity contribution in [1.82, 2.24) is 5.32 Å². The Morgan fingerprint density at radius 3 is 2.61 bits per heavy atom. The van der Waals surface area contributed by atoms with Crippen molar-refractivity contribution in [3.8, 4) is 0 Å². The molecule has 0 radical (unpaired) electrons. The molecule has 1 aromatic rings. The lowest BCUT2D eigenvalue weighted by atomic mass is 10.1. The Bertz CT molecular complexity index is 448. The van der Waals surface area contributed by atoms with E-state index in [1.165, 1.54) is 6.92 Å². The summed E-state index contributed by atoms with van der Waals surface area (Å²) in [6, 6.07) is 2.07. The summed E-state index contributed by atoms with van der Waals surface area (Å²) in [6.45, 7) is 1.35. The highest BCUT2D eigenvalue weighted by Gasteiger charge is 2.30. The van der Waals surface area contributed by atoms with Crippen molar-refractivity contribution in [2.45, 2.75) is 25.7 Å². The molecule has 1 atom stereocenters. The van der Waals surface area contributed by atoms with Crippen molar-refractivity contribution in [2.24, 2.45) is 0 Å². The molecule has 18 heavy (non-hydrogen) atoms. The molecular formula is C11H11ClF3NO2. The molecule has 0 fully saturated rings. The third kappa shape index (κ3) is 3.89. The second-order valence-electron chi connectivity index (χ2n) is 3.74. The number of carboxylic acids is 1.